The average molecular weight is 213 g/mol. The Balaban J connectivity index is 2.40. The summed E-state index contributed by atoms with van der Waals surface area (Å²) in [5.74, 6) is 1.64. The fourth-order valence-electron chi connectivity index (χ4n) is 2.69. The van der Waals surface area contributed by atoms with E-state index in [1.165, 1.54) is 25.7 Å². The Morgan fingerprint density at radius 2 is 2.00 bits per heavy atom. The van der Waals surface area contributed by atoms with Crippen LogP contribution in [0.5, 0.6) is 0 Å². The molecule has 1 rings (SSSR count). The number of hydrogen-bond acceptors (Lipinski definition) is 2. The zero-order chi connectivity index (χ0) is 11.1. The summed E-state index contributed by atoms with van der Waals surface area (Å²) in [5, 5.41) is 3.66. The molecule has 0 saturated carbocycles. The lowest BCUT2D eigenvalue weighted by Gasteiger charge is -2.28. The SMILES string of the molecule is CCNC(CC1CCOC1)C(CC)CC. The molecule has 1 fully saturated rings. The molecule has 0 spiro atoms. The largest absolute Gasteiger partial charge is 0.381 e. The molecule has 2 heteroatoms. The van der Waals surface area contributed by atoms with Crippen LogP contribution < -0.4 is 5.32 Å². The van der Waals surface area contributed by atoms with Crippen molar-refractivity contribution in [2.24, 2.45) is 11.8 Å². The third-order valence-corrected chi connectivity index (χ3v) is 3.70. The summed E-state index contributed by atoms with van der Waals surface area (Å²) in [5.41, 5.74) is 0. The van der Waals surface area contributed by atoms with Crippen molar-refractivity contribution in [3.05, 3.63) is 0 Å². The fraction of sp³-hybridized carbons (Fsp3) is 1.00. The van der Waals surface area contributed by atoms with Gasteiger partial charge in [-0.05, 0) is 31.2 Å². The standard InChI is InChI=1S/C13H27NO/c1-4-12(5-2)13(14-6-3)9-11-7-8-15-10-11/h11-14H,4-10H2,1-3H3. The average Bonchev–Trinajstić information content (AvgIpc) is 2.72. The summed E-state index contributed by atoms with van der Waals surface area (Å²) in [6, 6.07) is 0.705. The minimum absolute atomic E-state index is 0.705. The van der Waals surface area contributed by atoms with Crippen LogP contribution in [0.2, 0.25) is 0 Å². The Kier molecular flexibility index (Phi) is 6.26. The fourth-order valence-corrected chi connectivity index (χ4v) is 2.69. The molecule has 2 nitrogen and oxygen atoms in total. The maximum atomic E-state index is 5.46. The zero-order valence-corrected chi connectivity index (χ0v) is 10.6. The van der Waals surface area contributed by atoms with Crippen LogP contribution in [0, 0.1) is 11.8 Å². The lowest BCUT2D eigenvalue weighted by molar-refractivity contribution is 0.176. The molecule has 0 bridgehead atoms. The molecule has 1 heterocycles. The third kappa shape index (κ3) is 4.12. The highest BCUT2D eigenvalue weighted by atomic mass is 16.5. The quantitative estimate of drug-likeness (QED) is 0.702. The maximum Gasteiger partial charge on any atom is 0.0495 e. The van der Waals surface area contributed by atoms with E-state index in [9.17, 15) is 0 Å². The van der Waals surface area contributed by atoms with Crippen molar-refractivity contribution >= 4 is 0 Å². The number of rotatable bonds is 7. The van der Waals surface area contributed by atoms with Crippen LogP contribution in [-0.4, -0.2) is 25.8 Å². The molecule has 1 aliphatic rings. The first-order valence-electron chi connectivity index (χ1n) is 6.62. The van der Waals surface area contributed by atoms with Gasteiger partial charge in [0.25, 0.3) is 0 Å². The number of ether oxygens (including phenoxy) is 1. The lowest BCUT2D eigenvalue weighted by atomic mass is 9.87. The lowest BCUT2D eigenvalue weighted by Crippen LogP contribution is -2.37. The van der Waals surface area contributed by atoms with Crippen molar-refractivity contribution in [1.82, 2.24) is 5.32 Å². The molecule has 0 aromatic carbocycles. The van der Waals surface area contributed by atoms with E-state index >= 15 is 0 Å². The maximum absolute atomic E-state index is 5.46. The molecule has 0 amide bonds. The Labute approximate surface area is 94.8 Å². The summed E-state index contributed by atoms with van der Waals surface area (Å²) in [6.07, 6.45) is 5.16. The van der Waals surface area contributed by atoms with E-state index in [0.717, 1.165) is 31.6 Å². The second kappa shape index (κ2) is 7.24. The molecule has 0 aliphatic carbocycles. The van der Waals surface area contributed by atoms with E-state index in [2.05, 4.69) is 26.1 Å². The van der Waals surface area contributed by atoms with Gasteiger partial charge < -0.3 is 10.1 Å². The molecule has 2 unspecified atom stereocenters. The Morgan fingerprint density at radius 1 is 1.27 bits per heavy atom. The third-order valence-electron chi connectivity index (χ3n) is 3.70. The zero-order valence-electron chi connectivity index (χ0n) is 10.6. The second-order valence-electron chi connectivity index (χ2n) is 4.71. The van der Waals surface area contributed by atoms with Crippen LogP contribution in [0.25, 0.3) is 0 Å². The van der Waals surface area contributed by atoms with Crippen LogP contribution in [0.1, 0.15) is 46.5 Å². The predicted molar refractivity (Wildman–Crippen MR) is 65.1 cm³/mol. The first-order chi connectivity index (χ1) is 7.31. The van der Waals surface area contributed by atoms with Gasteiger partial charge in [-0.3, -0.25) is 0 Å². The molecule has 2 atom stereocenters. The van der Waals surface area contributed by atoms with Gasteiger partial charge in [-0.2, -0.15) is 0 Å². The van der Waals surface area contributed by atoms with Gasteiger partial charge in [-0.15, -0.1) is 0 Å². The topological polar surface area (TPSA) is 21.3 Å². The van der Waals surface area contributed by atoms with Gasteiger partial charge >= 0.3 is 0 Å². The van der Waals surface area contributed by atoms with E-state index in [0.29, 0.717) is 6.04 Å². The van der Waals surface area contributed by atoms with E-state index in [1.54, 1.807) is 0 Å². The van der Waals surface area contributed by atoms with Crippen molar-refractivity contribution in [3.63, 3.8) is 0 Å². The van der Waals surface area contributed by atoms with E-state index in [-0.39, 0.29) is 0 Å². The predicted octanol–water partition coefficient (Wildman–Crippen LogP) is 2.83. The summed E-state index contributed by atoms with van der Waals surface area (Å²) in [6.45, 7) is 9.89. The molecule has 1 aliphatic heterocycles. The van der Waals surface area contributed by atoms with Gasteiger partial charge in [-0.1, -0.05) is 33.6 Å². The van der Waals surface area contributed by atoms with Gasteiger partial charge in [0.1, 0.15) is 0 Å². The first kappa shape index (κ1) is 13.0. The van der Waals surface area contributed by atoms with Crippen molar-refractivity contribution in [3.8, 4) is 0 Å². The molecule has 90 valence electrons. The molecular weight excluding hydrogens is 186 g/mol. The van der Waals surface area contributed by atoms with E-state index in [1.807, 2.05) is 0 Å². The summed E-state index contributed by atoms with van der Waals surface area (Å²) >= 11 is 0. The smallest absolute Gasteiger partial charge is 0.0495 e. The van der Waals surface area contributed by atoms with Crippen molar-refractivity contribution in [1.29, 1.82) is 0 Å². The van der Waals surface area contributed by atoms with Crippen LogP contribution in [0.15, 0.2) is 0 Å². The van der Waals surface area contributed by atoms with Gasteiger partial charge in [-0.25, -0.2) is 0 Å². The highest BCUT2D eigenvalue weighted by molar-refractivity contribution is 4.79. The second-order valence-corrected chi connectivity index (χ2v) is 4.71. The molecule has 0 aromatic heterocycles. The van der Waals surface area contributed by atoms with Crippen molar-refractivity contribution < 1.29 is 4.74 Å². The van der Waals surface area contributed by atoms with Crippen LogP contribution in [-0.2, 0) is 4.74 Å². The minimum atomic E-state index is 0.705. The molecule has 0 radical (unpaired) electrons. The molecular formula is C13H27NO. The molecule has 1 N–H and O–H groups in total. The van der Waals surface area contributed by atoms with Crippen LogP contribution in [0.3, 0.4) is 0 Å². The monoisotopic (exact) mass is 213 g/mol. The van der Waals surface area contributed by atoms with Crippen LogP contribution in [0.4, 0.5) is 0 Å². The van der Waals surface area contributed by atoms with Crippen molar-refractivity contribution in [2.45, 2.75) is 52.5 Å². The summed E-state index contributed by atoms with van der Waals surface area (Å²) < 4.78 is 5.46. The highest BCUT2D eigenvalue weighted by Crippen LogP contribution is 2.24. The first-order valence-corrected chi connectivity index (χ1v) is 6.62. The number of hydrogen-bond donors (Lipinski definition) is 1. The van der Waals surface area contributed by atoms with Crippen LogP contribution >= 0.6 is 0 Å². The highest BCUT2D eigenvalue weighted by Gasteiger charge is 2.24. The molecule has 1 saturated heterocycles. The Bertz CT molecular complexity index is 151. The summed E-state index contributed by atoms with van der Waals surface area (Å²) in [4.78, 5) is 0. The van der Waals surface area contributed by atoms with E-state index in [4.69, 9.17) is 4.74 Å². The molecule has 15 heavy (non-hydrogen) atoms. The van der Waals surface area contributed by atoms with Gasteiger partial charge in [0.05, 0.1) is 0 Å². The Hall–Kier alpha value is -0.0800. The van der Waals surface area contributed by atoms with Gasteiger partial charge in [0.15, 0.2) is 0 Å². The van der Waals surface area contributed by atoms with Crippen molar-refractivity contribution in [2.75, 3.05) is 19.8 Å². The van der Waals surface area contributed by atoms with Gasteiger partial charge in [0.2, 0.25) is 0 Å². The summed E-state index contributed by atoms with van der Waals surface area (Å²) in [7, 11) is 0. The number of nitrogens with one attached hydrogen (secondary N) is 1. The van der Waals surface area contributed by atoms with E-state index < -0.39 is 0 Å². The Morgan fingerprint density at radius 3 is 2.47 bits per heavy atom. The minimum Gasteiger partial charge on any atom is -0.381 e. The molecule has 0 aromatic rings. The van der Waals surface area contributed by atoms with Gasteiger partial charge in [0, 0.05) is 19.3 Å². The normalized spacial score (nSPS) is 23.6.